The van der Waals surface area contributed by atoms with Crippen molar-refractivity contribution < 1.29 is 25.2 Å². The first-order valence-corrected chi connectivity index (χ1v) is 3.30. The van der Waals surface area contributed by atoms with Gasteiger partial charge in [-0.15, -0.1) is 0 Å². The lowest BCUT2D eigenvalue weighted by molar-refractivity contribution is -0.210. The smallest absolute Gasteiger partial charge is 0.161 e. The molecule has 0 aromatic carbocycles. The van der Waals surface area contributed by atoms with Crippen LogP contribution < -0.4 is 0 Å². The van der Waals surface area contributed by atoms with Gasteiger partial charge in [-0.1, -0.05) is 0 Å². The standard InChI is InChI=1S/C6H11O5/c7-2-4-6(10)3(8)1-5(9)11-4/h1,3-10H,2H2. The van der Waals surface area contributed by atoms with Gasteiger partial charge in [0, 0.05) is 6.42 Å². The molecule has 4 atom stereocenters. The zero-order valence-electron chi connectivity index (χ0n) is 5.79. The second kappa shape index (κ2) is 3.46. The topological polar surface area (TPSA) is 90.2 Å². The highest BCUT2D eigenvalue weighted by atomic mass is 16.6. The van der Waals surface area contributed by atoms with E-state index in [2.05, 4.69) is 4.74 Å². The highest BCUT2D eigenvalue weighted by molar-refractivity contribution is 4.93. The van der Waals surface area contributed by atoms with Crippen molar-refractivity contribution in [2.24, 2.45) is 0 Å². The van der Waals surface area contributed by atoms with Gasteiger partial charge in [0.1, 0.15) is 12.2 Å². The van der Waals surface area contributed by atoms with E-state index in [1.807, 2.05) is 0 Å². The van der Waals surface area contributed by atoms with Crippen molar-refractivity contribution in [2.75, 3.05) is 6.61 Å². The van der Waals surface area contributed by atoms with E-state index in [1.165, 1.54) is 0 Å². The lowest BCUT2D eigenvalue weighted by Gasteiger charge is -2.33. The summed E-state index contributed by atoms with van der Waals surface area (Å²) in [6.07, 6.45) is -3.38. The Morgan fingerprint density at radius 1 is 1.27 bits per heavy atom. The summed E-state index contributed by atoms with van der Waals surface area (Å²) in [5, 5.41) is 35.5. The minimum Gasteiger partial charge on any atom is -0.394 e. The van der Waals surface area contributed by atoms with Gasteiger partial charge in [-0.3, -0.25) is 0 Å². The Hall–Kier alpha value is -0.200. The quantitative estimate of drug-likeness (QED) is 0.346. The maximum atomic E-state index is 9.08. The van der Waals surface area contributed by atoms with Gasteiger partial charge in [-0.05, 0) is 0 Å². The number of aliphatic hydroxyl groups is 4. The van der Waals surface area contributed by atoms with Gasteiger partial charge in [0.25, 0.3) is 0 Å². The maximum Gasteiger partial charge on any atom is 0.161 e. The molecule has 65 valence electrons. The minimum absolute atomic E-state index is 0.427. The first-order valence-electron chi connectivity index (χ1n) is 3.30. The van der Waals surface area contributed by atoms with Crippen LogP contribution in [0.5, 0.6) is 0 Å². The lowest BCUT2D eigenvalue weighted by atomic mass is 10.0. The third-order valence-electron chi connectivity index (χ3n) is 1.59. The van der Waals surface area contributed by atoms with Crippen LogP contribution >= 0.6 is 0 Å². The van der Waals surface area contributed by atoms with Gasteiger partial charge >= 0.3 is 0 Å². The molecule has 1 radical (unpaired) electrons. The summed E-state index contributed by atoms with van der Waals surface area (Å²) < 4.78 is 4.66. The Labute approximate surface area is 63.8 Å². The van der Waals surface area contributed by atoms with E-state index in [4.69, 9.17) is 20.4 Å². The molecule has 0 amide bonds. The zero-order valence-corrected chi connectivity index (χ0v) is 5.79. The molecular weight excluding hydrogens is 152 g/mol. The van der Waals surface area contributed by atoms with Crippen LogP contribution in [-0.4, -0.2) is 51.6 Å². The SMILES string of the molecule is OCC1OC(O)[CH]C(O)C1O. The molecule has 0 aliphatic carbocycles. The van der Waals surface area contributed by atoms with Crippen LogP contribution in [-0.2, 0) is 4.74 Å². The molecule has 4 N–H and O–H groups in total. The van der Waals surface area contributed by atoms with Crippen LogP contribution in [0.4, 0.5) is 0 Å². The molecule has 0 bridgehead atoms. The fraction of sp³-hybridized carbons (Fsp3) is 0.833. The average Bonchev–Trinajstić information content (AvgIpc) is 1.96. The molecule has 0 spiro atoms. The molecule has 1 saturated heterocycles. The van der Waals surface area contributed by atoms with Gasteiger partial charge in [0.05, 0.1) is 12.7 Å². The van der Waals surface area contributed by atoms with Crippen LogP contribution in [0, 0.1) is 6.42 Å². The molecule has 1 heterocycles. The summed E-state index contributed by atoms with van der Waals surface area (Å²) in [6.45, 7) is -0.427. The average molecular weight is 163 g/mol. The largest absolute Gasteiger partial charge is 0.394 e. The summed E-state index contributed by atoms with van der Waals surface area (Å²) in [6, 6.07) is 0. The van der Waals surface area contributed by atoms with E-state index < -0.39 is 31.2 Å². The van der Waals surface area contributed by atoms with Crippen molar-refractivity contribution in [2.45, 2.75) is 24.6 Å². The summed E-state index contributed by atoms with van der Waals surface area (Å²) in [5.74, 6) is 0. The molecule has 0 aromatic rings. The first kappa shape index (κ1) is 8.89. The fourth-order valence-electron chi connectivity index (χ4n) is 0.958. The molecule has 0 saturated carbocycles. The molecule has 1 rings (SSSR count). The Morgan fingerprint density at radius 3 is 2.45 bits per heavy atom. The lowest BCUT2D eigenvalue weighted by Crippen LogP contribution is -2.50. The van der Waals surface area contributed by atoms with E-state index in [9.17, 15) is 0 Å². The Balaban J connectivity index is 2.51. The van der Waals surface area contributed by atoms with Gasteiger partial charge in [0.2, 0.25) is 0 Å². The predicted octanol–water partition coefficient (Wildman–Crippen LogP) is -2.38. The maximum absolute atomic E-state index is 9.08. The minimum atomic E-state index is -1.22. The Kier molecular flexibility index (Phi) is 2.80. The van der Waals surface area contributed by atoms with Crippen LogP contribution in [0.3, 0.4) is 0 Å². The highest BCUT2D eigenvalue weighted by Crippen LogP contribution is 2.17. The van der Waals surface area contributed by atoms with E-state index in [-0.39, 0.29) is 0 Å². The number of hydrogen-bond donors (Lipinski definition) is 4. The molecule has 5 nitrogen and oxygen atoms in total. The van der Waals surface area contributed by atoms with E-state index in [1.54, 1.807) is 0 Å². The summed E-state index contributed by atoms with van der Waals surface area (Å²) in [7, 11) is 0. The molecular formula is C6H11O5. The highest BCUT2D eigenvalue weighted by Gasteiger charge is 2.35. The van der Waals surface area contributed by atoms with Gasteiger partial charge in [-0.2, -0.15) is 0 Å². The number of aliphatic hydroxyl groups excluding tert-OH is 4. The molecule has 4 unspecified atom stereocenters. The molecule has 1 aliphatic heterocycles. The second-order valence-electron chi connectivity index (χ2n) is 2.42. The Bertz CT molecular complexity index is 128. The third-order valence-corrected chi connectivity index (χ3v) is 1.59. The van der Waals surface area contributed by atoms with Gasteiger partial charge in [-0.25, -0.2) is 0 Å². The fourth-order valence-corrected chi connectivity index (χ4v) is 0.958. The second-order valence-corrected chi connectivity index (χ2v) is 2.42. The van der Waals surface area contributed by atoms with Crippen molar-refractivity contribution in [1.29, 1.82) is 0 Å². The predicted molar refractivity (Wildman–Crippen MR) is 34.3 cm³/mol. The van der Waals surface area contributed by atoms with Crippen molar-refractivity contribution in [3.8, 4) is 0 Å². The van der Waals surface area contributed by atoms with E-state index in [0.29, 0.717) is 0 Å². The first-order chi connectivity index (χ1) is 5.15. The van der Waals surface area contributed by atoms with Crippen molar-refractivity contribution in [1.82, 2.24) is 0 Å². The number of ether oxygens (including phenoxy) is 1. The van der Waals surface area contributed by atoms with Crippen molar-refractivity contribution >= 4 is 0 Å². The van der Waals surface area contributed by atoms with E-state index >= 15 is 0 Å². The monoisotopic (exact) mass is 163 g/mol. The van der Waals surface area contributed by atoms with Crippen molar-refractivity contribution in [3.63, 3.8) is 0 Å². The zero-order chi connectivity index (χ0) is 8.43. The molecule has 1 fully saturated rings. The third kappa shape index (κ3) is 1.88. The normalized spacial score (nSPS) is 45.8. The molecule has 0 aromatic heterocycles. The van der Waals surface area contributed by atoms with Crippen molar-refractivity contribution in [3.05, 3.63) is 6.42 Å². The summed E-state index contributed by atoms with van der Waals surface area (Å²) >= 11 is 0. The Morgan fingerprint density at radius 2 is 1.91 bits per heavy atom. The van der Waals surface area contributed by atoms with E-state index in [0.717, 1.165) is 6.42 Å². The summed E-state index contributed by atoms with van der Waals surface area (Å²) in [4.78, 5) is 0. The molecule has 1 aliphatic rings. The van der Waals surface area contributed by atoms with Crippen LogP contribution in [0.2, 0.25) is 0 Å². The number of hydrogen-bond acceptors (Lipinski definition) is 5. The van der Waals surface area contributed by atoms with Gasteiger partial charge in [0.15, 0.2) is 6.29 Å². The van der Waals surface area contributed by atoms with Gasteiger partial charge < -0.3 is 25.2 Å². The number of rotatable bonds is 1. The molecule has 11 heavy (non-hydrogen) atoms. The summed E-state index contributed by atoms with van der Waals surface area (Å²) in [5.41, 5.74) is 0. The molecule has 5 heteroatoms. The van der Waals surface area contributed by atoms with Crippen LogP contribution in [0.15, 0.2) is 0 Å². The van der Waals surface area contributed by atoms with Crippen LogP contribution in [0.1, 0.15) is 0 Å². The van der Waals surface area contributed by atoms with Crippen LogP contribution in [0.25, 0.3) is 0 Å².